The van der Waals surface area contributed by atoms with Crippen LogP contribution < -0.4 is 5.32 Å². The van der Waals surface area contributed by atoms with Gasteiger partial charge in [0.15, 0.2) is 12.4 Å². The average Bonchev–Trinajstić information content (AvgIpc) is 3.45. The van der Waals surface area contributed by atoms with E-state index in [0.717, 1.165) is 46.3 Å². The van der Waals surface area contributed by atoms with Crippen LogP contribution in [0.1, 0.15) is 61.8 Å². The van der Waals surface area contributed by atoms with Crippen molar-refractivity contribution < 1.29 is 34.0 Å². The van der Waals surface area contributed by atoms with Crippen LogP contribution in [-0.2, 0) is 37.0 Å². The predicted octanol–water partition coefficient (Wildman–Crippen LogP) is 4.27. The van der Waals surface area contributed by atoms with Gasteiger partial charge >= 0.3 is 5.97 Å². The summed E-state index contributed by atoms with van der Waals surface area (Å²) >= 11 is 0. The quantitative estimate of drug-likeness (QED) is 0.295. The van der Waals surface area contributed by atoms with Crippen molar-refractivity contribution in [3.63, 3.8) is 0 Å². The van der Waals surface area contributed by atoms with Crippen molar-refractivity contribution in [1.29, 1.82) is 0 Å². The molecule has 234 valence electrons. The largest absolute Gasteiger partial charge is 0.453 e. The van der Waals surface area contributed by atoms with Crippen molar-refractivity contribution >= 4 is 11.9 Å². The van der Waals surface area contributed by atoms with Gasteiger partial charge in [-0.05, 0) is 47.2 Å². The van der Waals surface area contributed by atoms with Crippen molar-refractivity contribution in [3.05, 3.63) is 95.1 Å². The topological polar surface area (TPSA) is 118 Å². The van der Waals surface area contributed by atoms with Gasteiger partial charge in [-0.25, -0.2) is 0 Å². The predicted molar refractivity (Wildman–Crippen MR) is 165 cm³/mol. The zero-order valence-electron chi connectivity index (χ0n) is 25.5. The highest BCUT2D eigenvalue weighted by Crippen LogP contribution is 2.42. The van der Waals surface area contributed by atoms with Crippen LogP contribution in [0.4, 0.5) is 0 Å². The lowest BCUT2D eigenvalue weighted by atomic mass is 9.90. The van der Waals surface area contributed by atoms with Crippen molar-refractivity contribution in [2.24, 2.45) is 5.92 Å². The molecule has 3 aromatic carbocycles. The Morgan fingerprint density at radius 2 is 1.73 bits per heavy atom. The molecule has 0 saturated carbocycles. The molecule has 3 N–H and O–H groups in total. The van der Waals surface area contributed by atoms with E-state index < -0.39 is 18.4 Å². The van der Waals surface area contributed by atoms with Crippen LogP contribution in [0.5, 0.6) is 0 Å². The number of aliphatic hydroxyl groups excluding tert-OH is 2. The number of rotatable bonds is 10. The van der Waals surface area contributed by atoms with E-state index >= 15 is 0 Å². The van der Waals surface area contributed by atoms with Gasteiger partial charge in [0.25, 0.3) is 5.91 Å². The lowest BCUT2D eigenvalue weighted by molar-refractivity contribution is -0.276. The number of hydrogen-bond acceptors (Lipinski definition) is 8. The zero-order valence-corrected chi connectivity index (χ0v) is 25.5. The van der Waals surface area contributed by atoms with E-state index in [2.05, 4.69) is 17.1 Å². The number of ether oxygens (including phenoxy) is 3. The van der Waals surface area contributed by atoms with Gasteiger partial charge in [-0.3, -0.25) is 14.5 Å². The molecule has 0 radical (unpaired) electrons. The van der Waals surface area contributed by atoms with E-state index in [0.29, 0.717) is 19.6 Å². The maximum atomic E-state index is 12.3. The van der Waals surface area contributed by atoms with E-state index in [1.54, 1.807) is 6.92 Å². The number of β-amino-alcohol motifs (C(OH)–C–C–N with tert-alkyl or cyclic N) is 1. The van der Waals surface area contributed by atoms with Crippen LogP contribution in [-0.4, -0.2) is 64.9 Å². The molecule has 2 fully saturated rings. The molecular weight excluding hydrogens is 560 g/mol. The first-order chi connectivity index (χ1) is 21.2. The number of nitrogens with zero attached hydrogens (tertiary/aromatic N) is 1. The van der Waals surface area contributed by atoms with E-state index in [1.807, 2.05) is 72.8 Å². The van der Waals surface area contributed by atoms with Crippen molar-refractivity contribution in [3.8, 4) is 11.1 Å². The molecule has 9 nitrogen and oxygen atoms in total. The van der Waals surface area contributed by atoms with Gasteiger partial charge in [-0.1, -0.05) is 73.7 Å². The van der Waals surface area contributed by atoms with Gasteiger partial charge < -0.3 is 29.7 Å². The first kappa shape index (κ1) is 31.8. The summed E-state index contributed by atoms with van der Waals surface area (Å²) in [6.45, 7) is 7.48. The van der Waals surface area contributed by atoms with Gasteiger partial charge in [0.05, 0.1) is 24.9 Å². The Kier molecular flexibility index (Phi) is 10.5. The first-order valence-electron chi connectivity index (χ1n) is 15.3. The fourth-order valence-electron chi connectivity index (χ4n) is 5.89. The van der Waals surface area contributed by atoms with Crippen LogP contribution in [0, 0.1) is 5.92 Å². The van der Waals surface area contributed by atoms with E-state index in [-0.39, 0.29) is 36.7 Å². The summed E-state index contributed by atoms with van der Waals surface area (Å²) in [5.74, 6) is -0.770. The van der Waals surface area contributed by atoms with Crippen molar-refractivity contribution in [2.45, 2.75) is 71.0 Å². The van der Waals surface area contributed by atoms with Crippen molar-refractivity contribution in [1.82, 2.24) is 10.2 Å². The lowest BCUT2D eigenvalue weighted by Crippen LogP contribution is -2.44. The minimum atomic E-state index is -0.850. The summed E-state index contributed by atoms with van der Waals surface area (Å²) in [4.78, 5) is 25.7. The summed E-state index contributed by atoms with van der Waals surface area (Å²) < 4.78 is 18.1. The fourth-order valence-corrected chi connectivity index (χ4v) is 5.89. The molecule has 0 unspecified atom stereocenters. The molecule has 1 amide bonds. The zero-order chi connectivity index (χ0) is 31.2. The number of carbonyl (C=O) groups is 2. The Labute approximate surface area is 258 Å². The van der Waals surface area contributed by atoms with Gasteiger partial charge in [-0.2, -0.15) is 0 Å². The molecule has 2 saturated heterocycles. The molecule has 0 bridgehead atoms. The SMILES string of the molecule is CC(=O)O[C@@H](C)C(=O)NCc1cccc(-c2ccc([C@H]3O[C@@H](CN4CC[C@H](O)C4)[C@@H](C)[C@@H](c4ccc(CO)cc4)O3)cc2)c1. The third kappa shape index (κ3) is 7.91. The van der Waals surface area contributed by atoms with Gasteiger partial charge in [-0.15, -0.1) is 0 Å². The molecule has 9 heteroatoms. The van der Waals surface area contributed by atoms with Crippen LogP contribution in [0.3, 0.4) is 0 Å². The number of hydrogen-bond donors (Lipinski definition) is 3. The molecular formula is C35H42N2O7. The fraction of sp³-hybridized carbons (Fsp3) is 0.429. The minimum absolute atomic E-state index is 0.00775. The second-order valence-electron chi connectivity index (χ2n) is 11.8. The minimum Gasteiger partial charge on any atom is -0.453 e. The molecule has 2 aliphatic heterocycles. The van der Waals surface area contributed by atoms with Crippen LogP contribution in [0.25, 0.3) is 11.1 Å². The number of carbonyl (C=O) groups excluding carboxylic acids is 2. The molecule has 0 aromatic heterocycles. The Morgan fingerprint density at radius 3 is 2.39 bits per heavy atom. The number of benzene rings is 3. The second-order valence-corrected chi connectivity index (χ2v) is 11.8. The molecule has 0 aliphatic carbocycles. The Hall–Kier alpha value is -3.60. The second kappa shape index (κ2) is 14.5. The monoisotopic (exact) mass is 602 g/mol. The standard InChI is InChI=1S/C35H42N2O7/c1-22-32(20-37-16-15-31(40)19-37)43-35(44-33(22)28-9-7-25(21-38)8-10-28)29-13-11-27(12-14-29)30-6-4-5-26(17-30)18-36-34(41)23(2)42-24(3)39/h4-14,17,22-23,31-33,35,38,40H,15-16,18-21H2,1-3H3,(H,36,41)/t22-,23+,31+,32+,33+,35+/m1/s1. The Morgan fingerprint density at radius 1 is 1.00 bits per heavy atom. The van der Waals surface area contributed by atoms with E-state index in [4.69, 9.17) is 14.2 Å². The highest BCUT2D eigenvalue weighted by Gasteiger charge is 2.39. The van der Waals surface area contributed by atoms with Gasteiger partial charge in [0.2, 0.25) is 0 Å². The van der Waals surface area contributed by atoms with Gasteiger partial charge in [0.1, 0.15) is 0 Å². The molecule has 44 heavy (non-hydrogen) atoms. The highest BCUT2D eigenvalue weighted by atomic mass is 16.7. The first-order valence-corrected chi connectivity index (χ1v) is 15.3. The molecule has 2 heterocycles. The molecule has 3 aromatic rings. The summed E-state index contributed by atoms with van der Waals surface area (Å²) in [6, 6.07) is 23.9. The Balaban J connectivity index is 1.30. The smallest absolute Gasteiger partial charge is 0.303 e. The average molecular weight is 603 g/mol. The third-order valence-corrected chi connectivity index (χ3v) is 8.43. The third-order valence-electron chi connectivity index (χ3n) is 8.43. The summed E-state index contributed by atoms with van der Waals surface area (Å²) in [5, 5.41) is 22.4. The van der Waals surface area contributed by atoms with Crippen LogP contribution >= 0.6 is 0 Å². The summed E-state index contributed by atoms with van der Waals surface area (Å²) in [5.41, 5.74) is 5.74. The molecule has 2 aliphatic rings. The van der Waals surface area contributed by atoms with Gasteiger partial charge in [0, 0.05) is 44.6 Å². The normalized spacial score (nSPS) is 24.5. The number of esters is 1. The maximum Gasteiger partial charge on any atom is 0.303 e. The maximum absolute atomic E-state index is 12.3. The van der Waals surface area contributed by atoms with Crippen LogP contribution in [0.15, 0.2) is 72.8 Å². The summed E-state index contributed by atoms with van der Waals surface area (Å²) in [7, 11) is 0. The number of nitrogens with one attached hydrogen (secondary N) is 1. The number of likely N-dealkylation sites (tertiary alicyclic amines) is 1. The van der Waals surface area contributed by atoms with E-state index in [1.165, 1.54) is 6.92 Å². The summed E-state index contributed by atoms with van der Waals surface area (Å²) in [6.07, 6.45) is -1.24. The van der Waals surface area contributed by atoms with Crippen molar-refractivity contribution in [2.75, 3.05) is 19.6 Å². The highest BCUT2D eigenvalue weighted by molar-refractivity contribution is 5.82. The van der Waals surface area contributed by atoms with Crippen LogP contribution in [0.2, 0.25) is 0 Å². The molecule has 5 rings (SSSR count). The Bertz CT molecular complexity index is 1410. The van der Waals surface area contributed by atoms with E-state index in [9.17, 15) is 19.8 Å². The lowest BCUT2D eigenvalue weighted by Gasteiger charge is -2.42. The molecule has 6 atom stereocenters. The number of aliphatic hydroxyl groups is 2. The number of amides is 1. The molecule has 0 spiro atoms.